The van der Waals surface area contributed by atoms with E-state index in [2.05, 4.69) is 10.2 Å². The van der Waals surface area contributed by atoms with Gasteiger partial charge in [0, 0.05) is 34.5 Å². The molecule has 2 aromatic carbocycles. The van der Waals surface area contributed by atoms with Crippen molar-refractivity contribution in [2.45, 2.75) is 26.1 Å². The molecule has 1 N–H and O–H groups in total. The second-order valence-corrected chi connectivity index (χ2v) is 6.45. The van der Waals surface area contributed by atoms with E-state index in [9.17, 15) is 18.0 Å². The Balaban J connectivity index is 1.68. The molecule has 1 amide bonds. The molecule has 0 unspecified atom stereocenters. The van der Waals surface area contributed by atoms with Crippen molar-refractivity contribution in [1.29, 1.82) is 0 Å². The van der Waals surface area contributed by atoms with Crippen molar-refractivity contribution in [2.24, 2.45) is 10.2 Å². The van der Waals surface area contributed by atoms with Crippen LogP contribution in [-0.4, -0.2) is 23.5 Å². The average molecular weight is 389 g/mol. The van der Waals surface area contributed by atoms with Crippen LogP contribution in [0, 0.1) is 0 Å². The van der Waals surface area contributed by atoms with Crippen LogP contribution in [0.3, 0.4) is 0 Å². The number of hydrogen-bond donors (Lipinski definition) is 1. The highest BCUT2D eigenvalue weighted by molar-refractivity contribution is 6.15. The summed E-state index contributed by atoms with van der Waals surface area (Å²) >= 11 is 0. The Bertz CT molecular complexity index is 1010. The number of amides is 1. The van der Waals surface area contributed by atoms with Crippen LogP contribution in [0.1, 0.15) is 29.2 Å². The molecule has 0 aliphatic carbocycles. The minimum absolute atomic E-state index is 0.0379. The van der Waals surface area contributed by atoms with E-state index >= 15 is 0 Å². The van der Waals surface area contributed by atoms with Gasteiger partial charge in [0.1, 0.15) is 12.3 Å². The number of carbonyl (C=O) groups is 1. The smallest absolute Gasteiger partial charge is 0.337 e. The fourth-order valence-corrected chi connectivity index (χ4v) is 3.01. The van der Waals surface area contributed by atoms with Gasteiger partial charge in [-0.3, -0.25) is 4.79 Å². The summed E-state index contributed by atoms with van der Waals surface area (Å²) in [6, 6.07) is 9.76. The summed E-state index contributed by atoms with van der Waals surface area (Å²) in [5.41, 5.74) is 4.76. The lowest BCUT2D eigenvalue weighted by molar-refractivity contribution is -0.194. The minimum atomic E-state index is -4.94. The lowest BCUT2D eigenvalue weighted by Crippen LogP contribution is -2.29. The summed E-state index contributed by atoms with van der Waals surface area (Å²) in [5.74, 6) is -1.37. The number of alkyl halides is 3. The Hall–Kier alpha value is -3.20. The van der Waals surface area contributed by atoms with Crippen molar-refractivity contribution >= 4 is 23.0 Å². The van der Waals surface area contributed by atoms with E-state index in [1.807, 2.05) is 24.4 Å². The number of halogens is 3. The molecule has 4 rings (SSSR count). The highest BCUT2D eigenvalue weighted by Crippen LogP contribution is 2.32. The highest BCUT2D eigenvalue weighted by atomic mass is 19.4. The molecule has 0 atom stereocenters. The summed E-state index contributed by atoms with van der Waals surface area (Å²) in [4.78, 5) is 21.2. The molecule has 9 heteroatoms. The normalized spacial score (nSPS) is 15.6. The SMILES string of the molecule is CC1=NN=C(c2ccc(NC(=O)C(F)(F)F)cc2)c2cc3c(cc2C1)OOC3. The first-order chi connectivity index (χ1) is 13.3. The van der Waals surface area contributed by atoms with Crippen molar-refractivity contribution in [2.75, 3.05) is 5.32 Å². The third-order valence-electron chi connectivity index (χ3n) is 4.35. The van der Waals surface area contributed by atoms with Crippen molar-refractivity contribution in [3.63, 3.8) is 0 Å². The number of nitrogens with zero attached hydrogens (tertiary/aromatic N) is 2. The Morgan fingerprint density at radius 2 is 1.86 bits per heavy atom. The van der Waals surface area contributed by atoms with Gasteiger partial charge in [0.05, 0.1) is 0 Å². The summed E-state index contributed by atoms with van der Waals surface area (Å²) < 4.78 is 37.2. The molecule has 0 spiro atoms. The van der Waals surface area contributed by atoms with E-state index in [0.29, 0.717) is 30.1 Å². The molecule has 2 aliphatic rings. The standard InChI is InChI=1S/C19H14F3N3O3/c1-10-6-12-8-16-13(9-27-28-16)7-15(12)17(25-24-10)11-2-4-14(5-3-11)23-18(26)19(20,21)22/h2-5,7-8H,6,9H2,1H3,(H,23,26). The molecule has 0 bridgehead atoms. The summed E-state index contributed by atoms with van der Waals surface area (Å²) in [6.45, 7) is 2.18. The highest BCUT2D eigenvalue weighted by Gasteiger charge is 2.38. The molecule has 28 heavy (non-hydrogen) atoms. The van der Waals surface area contributed by atoms with Crippen LogP contribution in [0.4, 0.5) is 18.9 Å². The second-order valence-electron chi connectivity index (χ2n) is 6.45. The largest absolute Gasteiger partial charge is 0.471 e. The van der Waals surface area contributed by atoms with Gasteiger partial charge in [-0.1, -0.05) is 12.1 Å². The summed E-state index contributed by atoms with van der Waals surface area (Å²) in [6.07, 6.45) is -4.36. The van der Waals surface area contributed by atoms with E-state index in [1.54, 1.807) is 12.1 Å². The van der Waals surface area contributed by atoms with Crippen LogP contribution < -0.4 is 10.2 Å². The molecule has 144 valence electrons. The van der Waals surface area contributed by atoms with Crippen LogP contribution in [0.2, 0.25) is 0 Å². The van der Waals surface area contributed by atoms with Gasteiger partial charge in [0.15, 0.2) is 5.75 Å². The van der Waals surface area contributed by atoms with Gasteiger partial charge < -0.3 is 10.2 Å². The van der Waals surface area contributed by atoms with E-state index in [4.69, 9.17) is 9.78 Å². The lowest BCUT2D eigenvalue weighted by atomic mass is 9.93. The fourth-order valence-electron chi connectivity index (χ4n) is 3.01. The third-order valence-corrected chi connectivity index (χ3v) is 4.35. The maximum absolute atomic E-state index is 12.4. The molecular weight excluding hydrogens is 375 g/mol. The molecule has 2 aromatic rings. The van der Waals surface area contributed by atoms with Crippen molar-refractivity contribution in [1.82, 2.24) is 0 Å². The van der Waals surface area contributed by atoms with Crippen LogP contribution in [0.15, 0.2) is 46.6 Å². The Morgan fingerprint density at radius 1 is 1.11 bits per heavy atom. The summed E-state index contributed by atoms with van der Waals surface area (Å²) in [7, 11) is 0. The van der Waals surface area contributed by atoms with Crippen molar-refractivity contribution < 1.29 is 27.7 Å². The molecule has 2 heterocycles. The number of benzene rings is 2. The molecule has 0 aromatic heterocycles. The topological polar surface area (TPSA) is 72.3 Å². The van der Waals surface area contributed by atoms with Gasteiger partial charge in [-0.2, -0.15) is 23.2 Å². The molecule has 0 saturated heterocycles. The molecule has 0 radical (unpaired) electrons. The quantitative estimate of drug-likeness (QED) is 0.795. The first kappa shape index (κ1) is 18.2. The van der Waals surface area contributed by atoms with Crippen LogP contribution in [-0.2, 0) is 22.7 Å². The van der Waals surface area contributed by atoms with E-state index in [0.717, 1.165) is 22.4 Å². The first-order valence-electron chi connectivity index (χ1n) is 8.36. The van der Waals surface area contributed by atoms with E-state index in [-0.39, 0.29) is 5.69 Å². The third kappa shape index (κ3) is 3.48. The zero-order valence-electron chi connectivity index (χ0n) is 14.6. The van der Waals surface area contributed by atoms with Gasteiger partial charge in [-0.05, 0) is 36.8 Å². The zero-order chi connectivity index (χ0) is 19.9. The number of carbonyl (C=O) groups excluding carboxylic acids is 1. The molecule has 2 aliphatic heterocycles. The fraction of sp³-hybridized carbons (Fsp3) is 0.211. The number of fused-ring (bicyclic) bond motifs is 2. The Labute approximate surface area is 157 Å². The Morgan fingerprint density at radius 3 is 2.57 bits per heavy atom. The van der Waals surface area contributed by atoms with Gasteiger partial charge in [-0.25, -0.2) is 0 Å². The maximum Gasteiger partial charge on any atom is 0.471 e. The van der Waals surface area contributed by atoms with Gasteiger partial charge in [-0.15, -0.1) is 5.10 Å². The maximum atomic E-state index is 12.4. The predicted octanol–water partition coefficient (Wildman–Crippen LogP) is 3.78. The molecule has 0 saturated carbocycles. The predicted molar refractivity (Wildman–Crippen MR) is 95.4 cm³/mol. The van der Waals surface area contributed by atoms with Gasteiger partial charge >= 0.3 is 12.1 Å². The van der Waals surface area contributed by atoms with Crippen LogP contribution in [0.25, 0.3) is 0 Å². The number of anilines is 1. The van der Waals surface area contributed by atoms with Crippen molar-refractivity contribution in [3.8, 4) is 5.75 Å². The number of hydrogen-bond acceptors (Lipinski definition) is 5. The Kier molecular flexibility index (Phi) is 4.38. The summed E-state index contributed by atoms with van der Waals surface area (Å²) in [5, 5.41) is 10.4. The molecule has 6 nitrogen and oxygen atoms in total. The molecule has 0 fully saturated rings. The monoisotopic (exact) mass is 389 g/mol. The first-order valence-corrected chi connectivity index (χ1v) is 8.36. The minimum Gasteiger partial charge on any atom is -0.337 e. The number of rotatable bonds is 2. The van der Waals surface area contributed by atoms with Crippen LogP contribution in [0.5, 0.6) is 5.75 Å². The van der Waals surface area contributed by atoms with Gasteiger partial charge in [0.2, 0.25) is 0 Å². The van der Waals surface area contributed by atoms with Crippen LogP contribution >= 0.6 is 0 Å². The zero-order valence-corrected chi connectivity index (χ0v) is 14.6. The van der Waals surface area contributed by atoms with E-state index in [1.165, 1.54) is 12.1 Å². The van der Waals surface area contributed by atoms with E-state index < -0.39 is 12.1 Å². The average Bonchev–Trinajstić information content (AvgIpc) is 3.02. The van der Waals surface area contributed by atoms with Gasteiger partial charge in [0.25, 0.3) is 0 Å². The van der Waals surface area contributed by atoms with Crippen molar-refractivity contribution in [3.05, 3.63) is 58.7 Å². The lowest BCUT2D eigenvalue weighted by Gasteiger charge is -2.12. The molecular formula is C19H14F3N3O3. The number of nitrogens with one attached hydrogen (secondary N) is 1. The second kappa shape index (κ2) is 6.75.